The lowest BCUT2D eigenvalue weighted by Gasteiger charge is -2.38. The number of piperazine rings is 1. The summed E-state index contributed by atoms with van der Waals surface area (Å²) in [6, 6.07) is 0. The largest absolute Gasteiger partial charge is 0.373 e. The van der Waals surface area contributed by atoms with E-state index in [-0.39, 0.29) is 12.0 Å². The lowest BCUT2D eigenvalue weighted by atomic mass is 10.1. The second kappa shape index (κ2) is 7.58. The molecule has 0 N–H and O–H groups in total. The van der Waals surface area contributed by atoms with Gasteiger partial charge in [0.1, 0.15) is 5.82 Å². The molecule has 4 rings (SSSR count). The number of aromatic nitrogens is 2. The topological polar surface area (TPSA) is 61.8 Å². The summed E-state index contributed by atoms with van der Waals surface area (Å²) in [7, 11) is 2.16. The SMILES string of the molecule is Cc1ncc(C(=O)N2CCOC(CN3CCN(C)CC3)C2)c(C2CC2)n1. The second-order valence-corrected chi connectivity index (χ2v) is 7.84. The van der Waals surface area contributed by atoms with E-state index in [0.717, 1.165) is 57.1 Å². The highest BCUT2D eigenvalue weighted by Gasteiger charge is 2.33. The van der Waals surface area contributed by atoms with Gasteiger partial charge in [0.25, 0.3) is 5.91 Å². The van der Waals surface area contributed by atoms with E-state index < -0.39 is 0 Å². The van der Waals surface area contributed by atoms with Crippen LogP contribution in [0.3, 0.4) is 0 Å². The van der Waals surface area contributed by atoms with Gasteiger partial charge in [-0.25, -0.2) is 9.97 Å². The van der Waals surface area contributed by atoms with Gasteiger partial charge in [-0.05, 0) is 26.8 Å². The molecule has 1 aromatic heterocycles. The van der Waals surface area contributed by atoms with Gasteiger partial charge in [0.05, 0.1) is 24.0 Å². The van der Waals surface area contributed by atoms with Crippen LogP contribution < -0.4 is 0 Å². The van der Waals surface area contributed by atoms with Gasteiger partial charge in [0.2, 0.25) is 0 Å². The van der Waals surface area contributed by atoms with Crippen molar-refractivity contribution in [1.29, 1.82) is 0 Å². The Bertz CT molecular complexity index is 655. The Hall–Kier alpha value is -1.57. The van der Waals surface area contributed by atoms with Crippen molar-refractivity contribution < 1.29 is 9.53 Å². The summed E-state index contributed by atoms with van der Waals surface area (Å²) >= 11 is 0. The number of hydrogen-bond acceptors (Lipinski definition) is 6. The van der Waals surface area contributed by atoms with Gasteiger partial charge in [-0.1, -0.05) is 0 Å². The number of amides is 1. The summed E-state index contributed by atoms with van der Waals surface area (Å²) in [4.78, 5) is 28.7. The minimum absolute atomic E-state index is 0.0681. The highest BCUT2D eigenvalue weighted by Crippen LogP contribution is 2.40. The van der Waals surface area contributed by atoms with Crippen LogP contribution in [0.25, 0.3) is 0 Å². The van der Waals surface area contributed by atoms with Crippen LogP contribution in [0.5, 0.6) is 0 Å². The average Bonchev–Trinajstić information content (AvgIpc) is 3.48. The maximum absolute atomic E-state index is 13.1. The average molecular weight is 359 g/mol. The first-order valence-electron chi connectivity index (χ1n) is 9.75. The van der Waals surface area contributed by atoms with Crippen LogP contribution in [0.2, 0.25) is 0 Å². The summed E-state index contributed by atoms with van der Waals surface area (Å²) in [6.07, 6.45) is 4.08. The number of carbonyl (C=O) groups is 1. The van der Waals surface area contributed by atoms with E-state index in [4.69, 9.17) is 4.74 Å². The maximum atomic E-state index is 13.1. The third-order valence-electron chi connectivity index (χ3n) is 5.62. The number of hydrogen-bond donors (Lipinski definition) is 0. The van der Waals surface area contributed by atoms with Crippen LogP contribution in [-0.4, -0.2) is 96.1 Å². The van der Waals surface area contributed by atoms with Crippen molar-refractivity contribution in [3.63, 3.8) is 0 Å². The normalized spacial score (nSPS) is 25.5. The number of nitrogens with zero attached hydrogens (tertiary/aromatic N) is 5. The standard InChI is InChI=1S/C19H29N5O2/c1-14-20-11-17(18(21-14)15-3-4-15)19(25)24-9-10-26-16(13-24)12-23-7-5-22(2)6-8-23/h11,15-16H,3-10,12-13H2,1-2H3. The quantitative estimate of drug-likeness (QED) is 0.791. The molecule has 7 nitrogen and oxygen atoms in total. The lowest BCUT2D eigenvalue weighted by Crippen LogP contribution is -2.53. The summed E-state index contributed by atoms with van der Waals surface area (Å²) in [5.41, 5.74) is 1.64. The van der Waals surface area contributed by atoms with Crippen molar-refractivity contribution in [3.05, 3.63) is 23.3 Å². The molecule has 1 unspecified atom stereocenters. The zero-order valence-electron chi connectivity index (χ0n) is 15.9. The van der Waals surface area contributed by atoms with Crippen molar-refractivity contribution in [2.24, 2.45) is 0 Å². The summed E-state index contributed by atoms with van der Waals surface area (Å²) in [5.74, 6) is 1.26. The zero-order chi connectivity index (χ0) is 18.1. The van der Waals surface area contributed by atoms with Crippen LogP contribution in [0.4, 0.5) is 0 Å². The number of morpholine rings is 1. The van der Waals surface area contributed by atoms with Gasteiger partial charge in [-0.3, -0.25) is 9.69 Å². The van der Waals surface area contributed by atoms with E-state index in [0.29, 0.717) is 31.2 Å². The molecule has 1 saturated carbocycles. The molecule has 0 bridgehead atoms. The van der Waals surface area contributed by atoms with E-state index in [2.05, 4.69) is 26.8 Å². The highest BCUT2D eigenvalue weighted by molar-refractivity contribution is 5.95. The van der Waals surface area contributed by atoms with Crippen molar-refractivity contribution in [2.75, 3.05) is 59.5 Å². The second-order valence-electron chi connectivity index (χ2n) is 7.84. The van der Waals surface area contributed by atoms with Gasteiger partial charge in [-0.15, -0.1) is 0 Å². The highest BCUT2D eigenvalue weighted by atomic mass is 16.5. The fraction of sp³-hybridized carbons (Fsp3) is 0.737. The minimum atomic E-state index is 0.0681. The van der Waals surface area contributed by atoms with E-state index >= 15 is 0 Å². The zero-order valence-corrected chi connectivity index (χ0v) is 15.9. The molecule has 1 amide bonds. The number of likely N-dealkylation sites (N-methyl/N-ethyl adjacent to an activating group) is 1. The van der Waals surface area contributed by atoms with Crippen LogP contribution in [0.1, 0.15) is 40.6 Å². The summed E-state index contributed by atoms with van der Waals surface area (Å²) in [6.45, 7) is 9.04. The molecular formula is C19H29N5O2. The fourth-order valence-corrected chi connectivity index (χ4v) is 3.82. The number of aryl methyl sites for hydroxylation is 1. The minimum Gasteiger partial charge on any atom is -0.373 e. The van der Waals surface area contributed by atoms with Crippen LogP contribution >= 0.6 is 0 Å². The van der Waals surface area contributed by atoms with Gasteiger partial charge in [0, 0.05) is 57.9 Å². The maximum Gasteiger partial charge on any atom is 0.257 e. The molecule has 3 heterocycles. The predicted molar refractivity (Wildman–Crippen MR) is 98.3 cm³/mol. The molecule has 0 aromatic carbocycles. The monoisotopic (exact) mass is 359 g/mol. The van der Waals surface area contributed by atoms with Gasteiger partial charge in [-0.2, -0.15) is 0 Å². The molecule has 3 aliphatic rings. The fourth-order valence-electron chi connectivity index (χ4n) is 3.82. The van der Waals surface area contributed by atoms with Crippen LogP contribution in [0.15, 0.2) is 6.20 Å². The van der Waals surface area contributed by atoms with E-state index in [1.165, 1.54) is 0 Å². The number of carbonyl (C=O) groups excluding carboxylic acids is 1. The molecule has 26 heavy (non-hydrogen) atoms. The smallest absolute Gasteiger partial charge is 0.257 e. The first-order valence-corrected chi connectivity index (χ1v) is 9.75. The molecule has 1 aromatic rings. The van der Waals surface area contributed by atoms with Crippen molar-refractivity contribution >= 4 is 5.91 Å². The first kappa shape index (κ1) is 17.8. The lowest BCUT2D eigenvalue weighted by molar-refractivity contribution is -0.0400. The Morgan fingerprint density at radius 3 is 2.73 bits per heavy atom. The first-order chi connectivity index (χ1) is 12.6. The van der Waals surface area contributed by atoms with Crippen LogP contribution in [0, 0.1) is 6.92 Å². The molecule has 2 aliphatic heterocycles. The molecule has 3 fully saturated rings. The van der Waals surface area contributed by atoms with Crippen molar-refractivity contribution in [2.45, 2.75) is 31.8 Å². The predicted octanol–water partition coefficient (Wildman–Crippen LogP) is 0.751. The summed E-state index contributed by atoms with van der Waals surface area (Å²) < 4.78 is 5.95. The van der Waals surface area contributed by atoms with Gasteiger partial charge in [0.15, 0.2) is 0 Å². The van der Waals surface area contributed by atoms with E-state index in [9.17, 15) is 4.79 Å². The molecule has 1 atom stereocenters. The van der Waals surface area contributed by atoms with Crippen molar-refractivity contribution in [1.82, 2.24) is 24.7 Å². The van der Waals surface area contributed by atoms with Gasteiger partial charge >= 0.3 is 0 Å². The van der Waals surface area contributed by atoms with Crippen LogP contribution in [-0.2, 0) is 4.74 Å². The molecule has 0 spiro atoms. The van der Waals surface area contributed by atoms with E-state index in [1.54, 1.807) is 6.20 Å². The third kappa shape index (κ3) is 4.05. The molecule has 142 valence electrons. The molecule has 2 saturated heterocycles. The van der Waals surface area contributed by atoms with E-state index in [1.807, 2.05) is 11.8 Å². The Morgan fingerprint density at radius 2 is 2.00 bits per heavy atom. The Labute approximate surface area is 155 Å². The van der Waals surface area contributed by atoms with Gasteiger partial charge < -0.3 is 14.5 Å². The van der Waals surface area contributed by atoms with Crippen molar-refractivity contribution in [3.8, 4) is 0 Å². The molecule has 7 heteroatoms. The summed E-state index contributed by atoms with van der Waals surface area (Å²) in [5, 5.41) is 0. The number of ether oxygens (including phenoxy) is 1. The molecular weight excluding hydrogens is 330 g/mol. The Kier molecular flexibility index (Phi) is 5.20. The molecule has 1 aliphatic carbocycles. The Balaban J connectivity index is 1.40. The number of rotatable bonds is 4. The Morgan fingerprint density at radius 1 is 1.23 bits per heavy atom. The third-order valence-corrected chi connectivity index (χ3v) is 5.62. The molecule has 0 radical (unpaired) electrons.